The first-order valence-corrected chi connectivity index (χ1v) is 19.0. The van der Waals surface area contributed by atoms with Gasteiger partial charge in [-0.1, -0.05) is 122 Å². The molecule has 9 heteroatoms. The predicted octanol–water partition coefficient (Wildman–Crippen LogP) is 7.83. The average Bonchev–Trinajstić information content (AvgIpc) is 2.94. The summed E-state index contributed by atoms with van der Waals surface area (Å²) in [4.78, 5) is 25.0. The van der Waals surface area contributed by atoms with Gasteiger partial charge in [-0.25, -0.2) is 0 Å². The summed E-state index contributed by atoms with van der Waals surface area (Å²) >= 11 is 0. The van der Waals surface area contributed by atoms with E-state index in [-0.39, 0.29) is 19.1 Å². The lowest BCUT2D eigenvalue weighted by atomic mass is 10.0. The highest BCUT2D eigenvalue weighted by Gasteiger charge is 2.24. The summed E-state index contributed by atoms with van der Waals surface area (Å²) in [6.45, 7) is 4.62. The third kappa shape index (κ3) is 29.7. The van der Waals surface area contributed by atoms with Gasteiger partial charge in [-0.2, -0.15) is 0 Å². The van der Waals surface area contributed by atoms with Crippen LogP contribution in [0.25, 0.3) is 0 Å². The third-order valence-corrected chi connectivity index (χ3v) is 8.72. The fourth-order valence-electron chi connectivity index (χ4n) is 4.86. The number of rotatable bonds is 31. The lowest BCUT2D eigenvalue weighted by Crippen LogP contribution is -2.46. The lowest BCUT2D eigenvalue weighted by Gasteiger charge is -2.30. The molecule has 0 aromatic rings. The number of carbonyl (C=O) groups excluding carboxylic acids is 1. The van der Waals surface area contributed by atoms with E-state index in [2.05, 4.69) is 31.3 Å². The Bertz CT molecular complexity index is 728. The number of nitrogens with zero attached hydrogens (tertiary/aromatic N) is 1. The van der Waals surface area contributed by atoms with Crippen molar-refractivity contribution < 1.29 is 32.9 Å². The minimum absolute atomic E-state index is 0.00877. The van der Waals surface area contributed by atoms with E-state index in [1.165, 1.54) is 83.5 Å². The average molecular weight is 633 g/mol. The minimum atomic E-state index is -4.55. The van der Waals surface area contributed by atoms with Gasteiger partial charge in [0.25, 0.3) is 7.82 Å². The molecule has 0 saturated carbocycles. The molecule has 8 nitrogen and oxygen atoms in total. The first-order chi connectivity index (χ1) is 20.5. The van der Waals surface area contributed by atoms with Crippen LogP contribution >= 0.6 is 7.82 Å². The van der Waals surface area contributed by atoms with Gasteiger partial charge in [-0.05, 0) is 32.1 Å². The van der Waals surface area contributed by atoms with Gasteiger partial charge in [0, 0.05) is 6.42 Å². The van der Waals surface area contributed by atoms with Crippen molar-refractivity contribution in [2.75, 3.05) is 40.9 Å². The number of nitrogens with one attached hydrogen (secondary N) is 1. The maximum absolute atomic E-state index is 12.7. The Hall–Kier alpha value is -0.760. The minimum Gasteiger partial charge on any atom is -0.756 e. The van der Waals surface area contributed by atoms with Crippen molar-refractivity contribution in [3.05, 3.63) is 12.2 Å². The van der Waals surface area contributed by atoms with Crippen molar-refractivity contribution >= 4 is 13.7 Å². The molecule has 0 saturated heterocycles. The number of likely N-dealkylation sites (N-methyl/N-ethyl adjacent to an activating group) is 1. The van der Waals surface area contributed by atoms with Crippen LogP contribution in [0.15, 0.2) is 12.2 Å². The molecule has 0 spiro atoms. The lowest BCUT2D eigenvalue weighted by molar-refractivity contribution is -0.870. The van der Waals surface area contributed by atoms with E-state index in [0.717, 1.165) is 32.1 Å². The van der Waals surface area contributed by atoms with E-state index >= 15 is 0 Å². The highest BCUT2D eigenvalue weighted by atomic mass is 31.2. The van der Waals surface area contributed by atoms with Gasteiger partial charge in [-0.3, -0.25) is 9.36 Å². The molecule has 3 atom stereocenters. The van der Waals surface area contributed by atoms with Crippen LogP contribution in [0.5, 0.6) is 0 Å². The molecular weight excluding hydrogens is 563 g/mol. The van der Waals surface area contributed by atoms with Crippen LogP contribution in [-0.2, 0) is 18.4 Å². The van der Waals surface area contributed by atoms with Crippen molar-refractivity contribution in [3.63, 3.8) is 0 Å². The maximum atomic E-state index is 12.7. The molecule has 0 aromatic carbocycles. The van der Waals surface area contributed by atoms with Crippen molar-refractivity contribution in [1.82, 2.24) is 5.32 Å². The van der Waals surface area contributed by atoms with Gasteiger partial charge in [-0.15, -0.1) is 0 Å². The largest absolute Gasteiger partial charge is 0.756 e. The predicted molar refractivity (Wildman–Crippen MR) is 178 cm³/mol. The van der Waals surface area contributed by atoms with Gasteiger partial charge in [0.05, 0.1) is 39.9 Å². The van der Waals surface area contributed by atoms with Gasteiger partial charge in [0.1, 0.15) is 13.2 Å². The summed E-state index contributed by atoms with van der Waals surface area (Å²) in [5.74, 6) is -0.203. The second-order valence-corrected chi connectivity index (χ2v) is 14.6. The van der Waals surface area contributed by atoms with E-state index in [9.17, 15) is 19.4 Å². The number of phosphoric acid groups is 1. The molecule has 1 amide bonds. The molecule has 0 bridgehead atoms. The Morgan fingerprint density at radius 3 is 1.81 bits per heavy atom. The van der Waals surface area contributed by atoms with E-state index in [4.69, 9.17) is 9.05 Å². The molecule has 0 radical (unpaired) electrons. The zero-order valence-electron chi connectivity index (χ0n) is 28.7. The number of aliphatic hydroxyl groups is 1. The molecule has 0 aliphatic rings. The normalized spacial score (nSPS) is 15.0. The van der Waals surface area contributed by atoms with Crippen molar-refractivity contribution in [1.29, 1.82) is 0 Å². The van der Waals surface area contributed by atoms with Crippen molar-refractivity contribution in [2.24, 2.45) is 0 Å². The smallest absolute Gasteiger partial charge is 0.268 e. The zero-order valence-corrected chi connectivity index (χ0v) is 29.6. The standard InChI is InChI=1S/C34H69N2O6P/c1-6-8-10-12-14-16-17-18-20-21-23-25-27-33(37)32(31-42-43(39,40)41-30-29-36(3,4)5)35-34(38)28-26-24-22-19-15-13-11-9-7-2/h19,22,32-33,37H,6-18,20-21,23-31H2,1-5H3,(H-,35,38,39,40)/b22-19-. The number of allylic oxidation sites excluding steroid dienone is 2. The highest BCUT2D eigenvalue weighted by molar-refractivity contribution is 7.45. The number of unbranched alkanes of at least 4 members (excludes halogenated alkanes) is 16. The third-order valence-electron chi connectivity index (χ3n) is 7.75. The zero-order chi connectivity index (χ0) is 32.2. The molecule has 0 aromatic heterocycles. The summed E-state index contributed by atoms with van der Waals surface area (Å²) in [5, 5.41) is 13.7. The maximum Gasteiger partial charge on any atom is 0.268 e. The summed E-state index contributed by atoms with van der Waals surface area (Å²) in [5.41, 5.74) is 0. The van der Waals surface area contributed by atoms with Crippen LogP contribution in [0.3, 0.4) is 0 Å². The number of quaternary nitrogens is 1. The first-order valence-electron chi connectivity index (χ1n) is 17.5. The Kier molecular flexibility index (Phi) is 27.1. The van der Waals surface area contributed by atoms with E-state index in [0.29, 0.717) is 30.3 Å². The number of carbonyl (C=O) groups is 1. The second-order valence-electron chi connectivity index (χ2n) is 13.2. The SMILES string of the molecule is CCCCCC/C=C\CCCC(=O)NC(COP(=O)([O-])OCC[N+](C)(C)C)C(O)CCCCCCCCCCCCCC. The molecule has 0 aliphatic heterocycles. The molecule has 0 aliphatic carbocycles. The number of amides is 1. The Morgan fingerprint density at radius 2 is 1.28 bits per heavy atom. The van der Waals surface area contributed by atoms with Crippen LogP contribution in [0.2, 0.25) is 0 Å². The first kappa shape index (κ1) is 42.2. The topological polar surface area (TPSA) is 108 Å². The summed E-state index contributed by atoms with van der Waals surface area (Å²) in [6, 6.07) is -0.807. The molecule has 2 N–H and O–H groups in total. The van der Waals surface area contributed by atoms with E-state index < -0.39 is 20.0 Å². The summed E-state index contributed by atoms with van der Waals surface area (Å²) in [6.07, 6.45) is 26.5. The van der Waals surface area contributed by atoms with Crippen LogP contribution in [0.1, 0.15) is 149 Å². The van der Waals surface area contributed by atoms with Gasteiger partial charge in [0.15, 0.2) is 0 Å². The fraction of sp³-hybridized carbons (Fsp3) is 0.912. The Balaban J connectivity index is 4.56. The summed E-state index contributed by atoms with van der Waals surface area (Å²) in [7, 11) is 1.29. The van der Waals surface area contributed by atoms with Crippen LogP contribution < -0.4 is 10.2 Å². The fourth-order valence-corrected chi connectivity index (χ4v) is 5.59. The van der Waals surface area contributed by atoms with Crippen LogP contribution in [0.4, 0.5) is 0 Å². The molecule has 43 heavy (non-hydrogen) atoms. The van der Waals surface area contributed by atoms with Gasteiger partial charge >= 0.3 is 0 Å². The molecule has 0 fully saturated rings. The van der Waals surface area contributed by atoms with E-state index in [1.54, 1.807) is 0 Å². The quantitative estimate of drug-likeness (QED) is 0.0349. The van der Waals surface area contributed by atoms with Gasteiger partial charge < -0.3 is 28.8 Å². The monoisotopic (exact) mass is 632 g/mol. The number of aliphatic hydroxyl groups excluding tert-OH is 1. The van der Waals surface area contributed by atoms with Crippen LogP contribution in [-0.4, -0.2) is 68.5 Å². The molecule has 3 unspecified atom stereocenters. The Labute approximate surface area is 265 Å². The number of phosphoric ester groups is 1. The number of hydrogen-bond donors (Lipinski definition) is 2. The van der Waals surface area contributed by atoms with Gasteiger partial charge in [0.2, 0.25) is 5.91 Å². The molecule has 0 rings (SSSR count). The van der Waals surface area contributed by atoms with Crippen molar-refractivity contribution in [3.8, 4) is 0 Å². The molecular formula is C34H69N2O6P. The van der Waals surface area contributed by atoms with Crippen molar-refractivity contribution in [2.45, 2.75) is 161 Å². The highest BCUT2D eigenvalue weighted by Crippen LogP contribution is 2.38. The molecule has 256 valence electrons. The Morgan fingerprint density at radius 1 is 0.791 bits per heavy atom. The van der Waals surface area contributed by atoms with Crippen LogP contribution in [0, 0.1) is 0 Å². The molecule has 0 heterocycles. The number of hydrogen-bond acceptors (Lipinski definition) is 6. The summed E-state index contributed by atoms with van der Waals surface area (Å²) < 4.78 is 23.0. The second kappa shape index (κ2) is 27.5. The van der Waals surface area contributed by atoms with E-state index in [1.807, 2.05) is 21.1 Å².